The molecule has 2 N–H and O–H groups in total. The van der Waals surface area contributed by atoms with E-state index in [1.165, 1.54) is 0 Å². The standard InChI is InChI=1S/C26H33ClN2O5/c1-32-21-8-6-18(7-9-21)14-29-15-20(30)16-33-17-25-24(29)11-10-22(34-25)12-26(31)28-13-19-4-2-3-5-23(19)27/h2-9,20,22,24-25,30H,10-17H2,1H3,(H,28,31)/t20-,22+,24-,25+/m1/s1. The Morgan fingerprint density at radius 3 is 2.74 bits per heavy atom. The van der Waals surface area contributed by atoms with Crippen molar-refractivity contribution in [1.82, 2.24) is 10.2 Å². The van der Waals surface area contributed by atoms with Gasteiger partial charge in [-0.15, -0.1) is 0 Å². The van der Waals surface area contributed by atoms with Crippen LogP contribution in [0.5, 0.6) is 5.75 Å². The molecule has 34 heavy (non-hydrogen) atoms. The zero-order valence-electron chi connectivity index (χ0n) is 19.5. The molecule has 4 atom stereocenters. The summed E-state index contributed by atoms with van der Waals surface area (Å²) in [5.41, 5.74) is 2.04. The van der Waals surface area contributed by atoms with E-state index in [1.54, 1.807) is 7.11 Å². The molecule has 2 aliphatic rings. The molecule has 0 aliphatic carbocycles. The monoisotopic (exact) mass is 488 g/mol. The van der Waals surface area contributed by atoms with Gasteiger partial charge in [-0.1, -0.05) is 41.9 Å². The molecule has 2 aliphatic heterocycles. The summed E-state index contributed by atoms with van der Waals surface area (Å²) in [5, 5.41) is 14.0. The minimum absolute atomic E-state index is 0.0550. The van der Waals surface area contributed by atoms with E-state index in [1.807, 2.05) is 48.5 Å². The number of hydrogen-bond acceptors (Lipinski definition) is 6. The molecule has 2 heterocycles. The average molecular weight is 489 g/mol. The second-order valence-corrected chi connectivity index (χ2v) is 9.39. The first-order valence-corrected chi connectivity index (χ1v) is 12.2. The maximum absolute atomic E-state index is 12.6. The van der Waals surface area contributed by atoms with Crippen molar-refractivity contribution >= 4 is 17.5 Å². The van der Waals surface area contributed by atoms with Crippen LogP contribution >= 0.6 is 11.6 Å². The lowest BCUT2D eigenvalue weighted by molar-refractivity contribution is -0.158. The number of rotatable bonds is 7. The third-order valence-electron chi connectivity index (χ3n) is 6.48. The number of amides is 1. The van der Waals surface area contributed by atoms with Crippen LogP contribution in [0, 0.1) is 0 Å². The van der Waals surface area contributed by atoms with Crippen molar-refractivity contribution < 1.29 is 24.1 Å². The first-order valence-electron chi connectivity index (χ1n) is 11.8. The Bertz CT molecular complexity index is 941. The molecule has 2 aromatic rings. The zero-order chi connectivity index (χ0) is 23.9. The van der Waals surface area contributed by atoms with Gasteiger partial charge in [-0.25, -0.2) is 0 Å². The highest BCUT2D eigenvalue weighted by molar-refractivity contribution is 6.31. The van der Waals surface area contributed by atoms with E-state index in [0.717, 1.165) is 29.7 Å². The van der Waals surface area contributed by atoms with E-state index < -0.39 is 6.10 Å². The smallest absolute Gasteiger partial charge is 0.222 e. The maximum Gasteiger partial charge on any atom is 0.222 e. The number of methoxy groups -OCH3 is 1. The number of hydrogen-bond donors (Lipinski definition) is 2. The van der Waals surface area contributed by atoms with Gasteiger partial charge in [0.15, 0.2) is 0 Å². The molecule has 0 spiro atoms. The van der Waals surface area contributed by atoms with E-state index in [2.05, 4.69) is 10.2 Å². The van der Waals surface area contributed by atoms with Crippen molar-refractivity contribution in [1.29, 1.82) is 0 Å². The average Bonchev–Trinajstić information content (AvgIpc) is 2.83. The van der Waals surface area contributed by atoms with E-state index in [-0.39, 0.29) is 30.8 Å². The Morgan fingerprint density at radius 1 is 1.18 bits per heavy atom. The Morgan fingerprint density at radius 2 is 1.97 bits per heavy atom. The third kappa shape index (κ3) is 6.71. The van der Waals surface area contributed by atoms with Crippen LogP contribution in [0.4, 0.5) is 0 Å². The Kier molecular flexibility index (Phi) is 8.80. The first-order chi connectivity index (χ1) is 16.5. The predicted molar refractivity (Wildman–Crippen MR) is 130 cm³/mol. The van der Waals surface area contributed by atoms with Gasteiger partial charge < -0.3 is 24.6 Å². The van der Waals surface area contributed by atoms with Gasteiger partial charge in [-0.3, -0.25) is 9.69 Å². The largest absolute Gasteiger partial charge is 0.497 e. The summed E-state index contributed by atoms with van der Waals surface area (Å²) < 4.78 is 17.3. The van der Waals surface area contributed by atoms with Gasteiger partial charge in [0.1, 0.15) is 5.75 Å². The summed E-state index contributed by atoms with van der Waals surface area (Å²) in [6.07, 6.45) is 1.08. The number of ether oxygens (including phenoxy) is 3. The minimum atomic E-state index is -0.549. The molecule has 0 aromatic heterocycles. The lowest BCUT2D eigenvalue weighted by atomic mass is 9.94. The maximum atomic E-state index is 12.6. The van der Waals surface area contributed by atoms with Crippen LogP contribution in [-0.4, -0.2) is 67.1 Å². The molecule has 0 bridgehead atoms. The molecular formula is C26H33ClN2O5. The van der Waals surface area contributed by atoms with Crippen LogP contribution in [0.1, 0.15) is 30.4 Å². The fourth-order valence-corrected chi connectivity index (χ4v) is 4.91. The van der Waals surface area contributed by atoms with Gasteiger partial charge in [0.2, 0.25) is 5.91 Å². The molecule has 0 saturated carbocycles. The molecule has 1 amide bonds. The number of aliphatic hydroxyl groups is 1. The van der Waals surface area contributed by atoms with Crippen molar-refractivity contribution in [2.45, 2.75) is 56.7 Å². The molecule has 184 valence electrons. The summed E-state index contributed by atoms with van der Waals surface area (Å²) in [7, 11) is 1.65. The van der Waals surface area contributed by atoms with Crippen LogP contribution in [0.15, 0.2) is 48.5 Å². The molecule has 2 fully saturated rings. The summed E-state index contributed by atoms with van der Waals surface area (Å²) in [4.78, 5) is 14.8. The number of carbonyl (C=O) groups is 1. The fraction of sp³-hybridized carbons (Fsp3) is 0.500. The molecular weight excluding hydrogens is 456 g/mol. The predicted octanol–water partition coefficient (Wildman–Crippen LogP) is 3.16. The lowest BCUT2D eigenvalue weighted by Gasteiger charge is -2.44. The Labute approximate surface area is 205 Å². The molecule has 0 unspecified atom stereocenters. The van der Waals surface area contributed by atoms with Crippen molar-refractivity contribution in [3.05, 3.63) is 64.7 Å². The van der Waals surface area contributed by atoms with E-state index in [0.29, 0.717) is 37.7 Å². The summed E-state index contributed by atoms with van der Waals surface area (Å²) in [6.45, 7) is 2.29. The normalized spacial score (nSPS) is 25.6. The molecule has 7 nitrogen and oxygen atoms in total. The summed E-state index contributed by atoms with van der Waals surface area (Å²) in [5.74, 6) is 0.764. The Hall–Kier alpha value is -2.16. The van der Waals surface area contributed by atoms with Gasteiger partial charge in [0, 0.05) is 30.7 Å². The highest BCUT2D eigenvalue weighted by atomic mass is 35.5. The number of benzene rings is 2. The number of aliphatic hydroxyl groups excluding tert-OH is 1. The van der Waals surface area contributed by atoms with Gasteiger partial charge in [0.05, 0.1) is 45.1 Å². The number of halogens is 1. The van der Waals surface area contributed by atoms with Crippen LogP contribution in [0.2, 0.25) is 5.02 Å². The molecule has 8 heteroatoms. The van der Waals surface area contributed by atoms with E-state index in [4.69, 9.17) is 25.8 Å². The molecule has 0 radical (unpaired) electrons. The van der Waals surface area contributed by atoms with E-state index >= 15 is 0 Å². The second kappa shape index (κ2) is 12.0. The summed E-state index contributed by atoms with van der Waals surface area (Å²) in [6, 6.07) is 15.6. The molecule has 2 saturated heterocycles. The number of carbonyl (C=O) groups excluding carboxylic acids is 1. The zero-order valence-corrected chi connectivity index (χ0v) is 20.2. The quantitative estimate of drug-likeness (QED) is 0.623. The van der Waals surface area contributed by atoms with Gasteiger partial charge in [0.25, 0.3) is 0 Å². The lowest BCUT2D eigenvalue weighted by Crippen LogP contribution is -2.55. The highest BCUT2D eigenvalue weighted by Crippen LogP contribution is 2.29. The number of fused-ring (bicyclic) bond motifs is 1. The molecule has 4 rings (SSSR count). The topological polar surface area (TPSA) is 80.3 Å². The minimum Gasteiger partial charge on any atom is -0.497 e. The summed E-state index contributed by atoms with van der Waals surface area (Å²) >= 11 is 6.18. The van der Waals surface area contributed by atoms with Crippen LogP contribution in [0.25, 0.3) is 0 Å². The third-order valence-corrected chi connectivity index (χ3v) is 6.85. The number of nitrogens with one attached hydrogen (secondary N) is 1. The van der Waals surface area contributed by atoms with Gasteiger partial charge >= 0.3 is 0 Å². The van der Waals surface area contributed by atoms with Gasteiger partial charge in [-0.2, -0.15) is 0 Å². The highest BCUT2D eigenvalue weighted by Gasteiger charge is 2.38. The van der Waals surface area contributed by atoms with Crippen molar-refractivity contribution in [2.24, 2.45) is 0 Å². The second-order valence-electron chi connectivity index (χ2n) is 8.98. The molecule has 2 aromatic carbocycles. The number of β-amino-alcohol motifs (C(OH)–C–C–N with tert-alkyl or cyclic N) is 1. The fourth-order valence-electron chi connectivity index (χ4n) is 4.71. The van der Waals surface area contributed by atoms with Crippen molar-refractivity contribution in [2.75, 3.05) is 26.9 Å². The Balaban J connectivity index is 1.35. The van der Waals surface area contributed by atoms with Crippen LogP contribution in [-0.2, 0) is 27.4 Å². The van der Waals surface area contributed by atoms with Crippen molar-refractivity contribution in [3.8, 4) is 5.75 Å². The SMILES string of the molecule is COc1ccc(CN2C[C@@H](O)COC[C@@H]3O[C@H](CC(=O)NCc4ccccc4Cl)CC[C@H]32)cc1. The number of nitrogens with zero attached hydrogens (tertiary/aromatic N) is 1. The first kappa shape index (κ1) is 24.9. The van der Waals surface area contributed by atoms with Gasteiger partial charge in [-0.05, 0) is 42.2 Å². The van der Waals surface area contributed by atoms with Crippen LogP contribution < -0.4 is 10.1 Å². The van der Waals surface area contributed by atoms with Crippen LogP contribution in [0.3, 0.4) is 0 Å². The van der Waals surface area contributed by atoms with E-state index in [9.17, 15) is 9.90 Å². The van der Waals surface area contributed by atoms with Crippen molar-refractivity contribution in [3.63, 3.8) is 0 Å².